The smallest absolute Gasteiger partial charge is 0.390 e. The van der Waals surface area contributed by atoms with Gasteiger partial charge in [0.15, 0.2) is 17.9 Å². The van der Waals surface area contributed by atoms with Crippen molar-refractivity contribution in [3.63, 3.8) is 0 Å². The summed E-state index contributed by atoms with van der Waals surface area (Å²) in [6, 6.07) is 4.63. The molecule has 3 aliphatic heterocycles. The minimum absolute atomic E-state index is 0.0485. The molecule has 0 amide bonds. The Bertz CT molecular complexity index is 1250. The minimum Gasteiger partial charge on any atom is -0.390 e. The van der Waals surface area contributed by atoms with Crippen LogP contribution in [0.25, 0.3) is 0 Å². The second-order valence-electron chi connectivity index (χ2n) is 11.8. The number of hydrogen-bond donors (Lipinski definition) is 1. The van der Waals surface area contributed by atoms with Crippen LogP contribution in [0.4, 0.5) is 35.1 Å². The zero-order chi connectivity index (χ0) is 31.2. The van der Waals surface area contributed by atoms with Gasteiger partial charge in [0.1, 0.15) is 0 Å². The molecule has 2 aromatic rings. The molecule has 43 heavy (non-hydrogen) atoms. The van der Waals surface area contributed by atoms with Crippen molar-refractivity contribution in [2.45, 2.75) is 63.0 Å². The van der Waals surface area contributed by atoms with Crippen molar-refractivity contribution >= 4 is 0 Å². The Kier molecular flexibility index (Phi) is 9.12. The first-order valence-electron chi connectivity index (χ1n) is 14.2. The number of piperidine rings is 1. The molecular formula is C30H33F8NO4. The van der Waals surface area contributed by atoms with Crippen molar-refractivity contribution in [3.8, 4) is 0 Å². The molecule has 2 aromatic carbocycles. The Hall–Kier alpha value is -2.32. The first-order chi connectivity index (χ1) is 20.2. The van der Waals surface area contributed by atoms with Gasteiger partial charge in [-0.15, -0.1) is 0 Å². The average molecular weight is 624 g/mol. The molecule has 5 atom stereocenters. The van der Waals surface area contributed by atoms with Crippen LogP contribution in [0.3, 0.4) is 0 Å². The fraction of sp³-hybridized carbons (Fsp3) is 0.600. The third-order valence-electron chi connectivity index (χ3n) is 9.03. The van der Waals surface area contributed by atoms with E-state index in [2.05, 4.69) is 4.90 Å². The number of hydrogen-bond acceptors (Lipinski definition) is 5. The summed E-state index contributed by atoms with van der Waals surface area (Å²) in [6.45, 7) is 4.12. The van der Waals surface area contributed by atoms with Crippen LogP contribution in [0, 0.1) is 23.0 Å². The van der Waals surface area contributed by atoms with Crippen LogP contribution >= 0.6 is 0 Å². The number of aliphatic hydroxyl groups excluding tert-OH is 1. The average Bonchev–Trinajstić information content (AvgIpc) is 3.29. The number of nitrogens with zero attached hydrogens (tertiary/aromatic N) is 1. The summed E-state index contributed by atoms with van der Waals surface area (Å²) in [7, 11) is 0. The molecule has 1 spiro atoms. The van der Waals surface area contributed by atoms with E-state index in [1.807, 2.05) is 0 Å². The third kappa shape index (κ3) is 7.00. The molecule has 3 heterocycles. The number of alkyl halides is 6. The second-order valence-corrected chi connectivity index (χ2v) is 11.8. The summed E-state index contributed by atoms with van der Waals surface area (Å²) in [4.78, 5) is 2.20. The van der Waals surface area contributed by atoms with Gasteiger partial charge in [0.05, 0.1) is 43.2 Å². The number of rotatable bonds is 6. The lowest BCUT2D eigenvalue weighted by molar-refractivity contribution is -0.210. The number of benzene rings is 2. The van der Waals surface area contributed by atoms with Crippen LogP contribution in [0.2, 0.25) is 0 Å². The molecule has 0 radical (unpaired) electrons. The molecule has 238 valence electrons. The summed E-state index contributed by atoms with van der Waals surface area (Å²) in [6.07, 6.45) is -11.1. The van der Waals surface area contributed by atoms with Crippen molar-refractivity contribution < 1.29 is 54.4 Å². The van der Waals surface area contributed by atoms with Gasteiger partial charge in [0, 0.05) is 17.9 Å². The molecule has 0 saturated carbocycles. The molecule has 1 unspecified atom stereocenters. The van der Waals surface area contributed by atoms with E-state index in [0.29, 0.717) is 69.8 Å². The molecule has 0 aliphatic carbocycles. The van der Waals surface area contributed by atoms with Crippen LogP contribution in [-0.4, -0.2) is 61.9 Å². The molecule has 3 aliphatic rings. The quantitative estimate of drug-likeness (QED) is 0.363. The summed E-state index contributed by atoms with van der Waals surface area (Å²) in [5.74, 6) is -3.08. The number of likely N-dealkylation sites (tertiary alicyclic amines) is 1. The molecule has 0 bridgehead atoms. The van der Waals surface area contributed by atoms with Crippen LogP contribution in [0.5, 0.6) is 0 Å². The standard InChI is InChI=1S/C30H33F8NO4/c1-17(20-10-21(29(33,34)35)13-22(11-20)30(36,37)38)43-27-26(18-2-3-23(31)24(32)12-18)19(4-9-42-27)14-39-7-5-28(6-8-39)16-41-15-25(28)40/h2-3,10-13,17,19,25-27,40H,4-9,14-16H2,1H3/t17-,19+,25?,26+,27-/m1/s1. The fourth-order valence-electron chi connectivity index (χ4n) is 6.45. The summed E-state index contributed by atoms with van der Waals surface area (Å²) < 4.78 is 126. The fourth-order valence-corrected chi connectivity index (χ4v) is 6.45. The van der Waals surface area contributed by atoms with Gasteiger partial charge >= 0.3 is 12.4 Å². The molecule has 3 fully saturated rings. The maximum atomic E-state index is 14.4. The SMILES string of the molecule is C[C@@H](O[C@H]1OCC[C@@H](CN2CCC3(CC2)COCC3O)[C@@H]1c1ccc(F)c(F)c1)c1cc(C(F)(F)F)cc(C(F)(F)F)c1. The van der Waals surface area contributed by atoms with Gasteiger partial charge in [-0.1, -0.05) is 6.07 Å². The molecule has 0 aromatic heterocycles. The molecule has 5 nitrogen and oxygen atoms in total. The summed E-state index contributed by atoms with van der Waals surface area (Å²) in [5, 5.41) is 10.4. The third-order valence-corrected chi connectivity index (χ3v) is 9.03. The Morgan fingerprint density at radius 2 is 1.63 bits per heavy atom. The van der Waals surface area contributed by atoms with Crippen LogP contribution in [0.1, 0.15) is 60.5 Å². The topological polar surface area (TPSA) is 51.2 Å². The van der Waals surface area contributed by atoms with Crippen molar-refractivity contribution in [1.82, 2.24) is 4.90 Å². The maximum absolute atomic E-state index is 14.4. The first-order valence-corrected chi connectivity index (χ1v) is 14.2. The largest absolute Gasteiger partial charge is 0.416 e. The van der Waals surface area contributed by atoms with Crippen LogP contribution < -0.4 is 0 Å². The Morgan fingerprint density at radius 3 is 2.19 bits per heavy atom. The monoisotopic (exact) mass is 623 g/mol. The predicted octanol–water partition coefficient (Wildman–Crippen LogP) is 6.70. The van der Waals surface area contributed by atoms with Gasteiger partial charge in [-0.05, 0) is 86.7 Å². The molecule has 1 N–H and O–H groups in total. The highest BCUT2D eigenvalue weighted by Crippen LogP contribution is 2.44. The highest BCUT2D eigenvalue weighted by atomic mass is 19.4. The van der Waals surface area contributed by atoms with Gasteiger partial charge < -0.3 is 24.2 Å². The molecule has 3 saturated heterocycles. The number of aliphatic hydroxyl groups is 1. The van der Waals surface area contributed by atoms with E-state index in [4.69, 9.17) is 14.2 Å². The Morgan fingerprint density at radius 1 is 0.977 bits per heavy atom. The van der Waals surface area contributed by atoms with E-state index in [9.17, 15) is 40.2 Å². The molecular weight excluding hydrogens is 590 g/mol. The van der Waals surface area contributed by atoms with E-state index < -0.39 is 59.5 Å². The number of halogens is 8. The van der Waals surface area contributed by atoms with E-state index >= 15 is 0 Å². The van der Waals surface area contributed by atoms with E-state index in [1.54, 1.807) is 0 Å². The normalized spacial score (nSPS) is 27.5. The maximum Gasteiger partial charge on any atom is 0.416 e. The van der Waals surface area contributed by atoms with E-state index in [0.717, 1.165) is 12.1 Å². The lowest BCUT2D eigenvalue weighted by atomic mass is 9.75. The molecule has 5 rings (SSSR count). The Labute approximate surface area is 243 Å². The summed E-state index contributed by atoms with van der Waals surface area (Å²) in [5.41, 5.74) is -3.24. The van der Waals surface area contributed by atoms with Gasteiger partial charge in [-0.25, -0.2) is 8.78 Å². The van der Waals surface area contributed by atoms with Crippen LogP contribution in [-0.2, 0) is 26.6 Å². The zero-order valence-electron chi connectivity index (χ0n) is 23.4. The number of ether oxygens (including phenoxy) is 3. The highest BCUT2D eigenvalue weighted by molar-refractivity contribution is 5.35. The van der Waals surface area contributed by atoms with Gasteiger partial charge in [-0.3, -0.25) is 0 Å². The second kappa shape index (κ2) is 12.2. The van der Waals surface area contributed by atoms with E-state index in [-0.39, 0.29) is 29.6 Å². The minimum atomic E-state index is -5.02. The van der Waals surface area contributed by atoms with E-state index in [1.165, 1.54) is 13.0 Å². The summed E-state index contributed by atoms with van der Waals surface area (Å²) >= 11 is 0. The van der Waals surface area contributed by atoms with Gasteiger partial charge in [0.2, 0.25) is 0 Å². The lowest BCUT2D eigenvalue weighted by Gasteiger charge is -2.44. The molecule has 13 heteroatoms. The zero-order valence-corrected chi connectivity index (χ0v) is 23.4. The van der Waals surface area contributed by atoms with Gasteiger partial charge in [0.25, 0.3) is 0 Å². The Balaban J connectivity index is 1.40. The lowest BCUT2D eigenvalue weighted by Crippen LogP contribution is -2.49. The van der Waals surface area contributed by atoms with Crippen molar-refractivity contribution in [3.05, 3.63) is 70.3 Å². The van der Waals surface area contributed by atoms with Crippen molar-refractivity contribution in [2.24, 2.45) is 11.3 Å². The van der Waals surface area contributed by atoms with Crippen molar-refractivity contribution in [1.29, 1.82) is 0 Å². The predicted molar refractivity (Wildman–Crippen MR) is 138 cm³/mol. The van der Waals surface area contributed by atoms with Crippen molar-refractivity contribution in [2.75, 3.05) is 39.5 Å². The van der Waals surface area contributed by atoms with Crippen LogP contribution in [0.15, 0.2) is 36.4 Å². The highest BCUT2D eigenvalue weighted by Gasteiger charge is 2.46. The first kappa shape index (κ1) is 32.1. The van der Waals surface area contributed by atoms with Gasteiger partial charge in [-0.2, -0.15) is 26.3 Å².